The second-order valence-electron chi connectivity index (χ2n) is 8.70. The summed E-state index contributed by atoms with van der Waals surface area (Å²) in [5, 5.41) is 0. The summed E-state index contributed by atoms with van der Waals surface area (Å²) < 4.78 is 46.5. The molecule has 3 aromatic rings. The molecule has 12 heteroatoms. The number of aromatic nitrogens is 1. The van der Waals surface area contributed by atoms with Crippen LogP contribution in [0, 0.1) is 5.92 Å². The zero-order valence-corrected chi connectivity index (χ0v) is 21.9. The topological polar surface area (TPSA) is 116 Å². The van der Waals surface area contributed by atoms with Gasteiger partial charge in [-0.15, -0.1) is 0 Å². The molecule has 37 heavy (non-hydrogen) atoms. The molecule has 0 N–H and O–H groups in total. The first kappa shape index (κ1) is 25.4. The van der Waals surface area contributed by atoms with Crippen molar-refractivity contribution in [1.82, 2.24) is 8.87 Å². The molecule has 0 aliphatic carbocycles. The van der Waals surface area contributed by atoms with Gasteiger partial charge in [-0.1, -0.05) is 29.5 Å². The summed E-state index contributed by atoms with van der Waals surface area (Å²) in [5.74, 6) is -0.317. The Hall–Kier alpha value is -3.22. The summed E-state index contributed by atoms with van der Waals surface area (Å²) in [6.45, 7) is 3.08. The Bertz CT molecular complexity index is 1500. The standard InChI is InChI=1S/C25H27N3O7S2/c1-2-33-23(29)16-28-19-13-20-21(35-12-11-34-20)14-22(19)36-25(28)26-24(30)17-7-6-10-27(15-17)37(31,32)18-8-4-3-5-9-18/h3-5,8-9,13-14,17H,2,6-7,10-12,15-16H2,1H3. The fraction of sp³-hybridized carbons (Fsp3) is 0.400. The molecule has 2 aromatic carbocycles. The molecule has 0 bridgehead atoms. The predicted octanol–water partition coefficient (Wildman–Crippen LogP) is 2.57. The van der Waals surface area contributed by atoms with Crippen molar-refractivity contribution in [2.75, 3.05) is 32.9 Å². The van der Waals surface area contributed by atoms with Gasteiger partial charge in [0.15, 0.2) is 16.3 Å². The minimum atomic E-state index is -3.71. The molecule has 3 heterocycles. The molecule has 1 atom stereocenters. The van der Waals surface area contributed by atoms with Crippen molar-refractivity contribution in [2.45, 2.75) is 31.2 Å². The lowest BCUT2D eigenvalue weighted by Gasteiger charge is -2.30. The van der Waals surface area contributed by atoms with Crippen LogP contribution in [0.1, 0.15) is 19.8 Å². The number of thiazole rings is 1. The average molecular weight is 546 g/mol. The van der Waals surface area contributed by atoms with Crippen LogP contribution in [0.3, 0.4) is 0 Å². The molecule has 1 amide bonds. The Morgan fingerprint density at radius 3 is 2.59 bits per heavy atom. The fourth-order valence-electron chi connectivity index (χ4n) is 4.47. The van der Waals surface area contributed by atoms with E-state index < -0.39 is 27.8 Å². The third-order valence-electron chi connectivity index (χ3n) is 6.26. The fourth-order valence-corrected chi connectivity index (χ4v) is 7.06. The molecule has 0 spiro atoms. The largest absolute Gasteiger partial charge is 0.486 e. The number of carbonyl (C=O) groups is 2. The molecular weight excluding hydrogens is 518 g/mol. The SMILES string of the molecule is CCOC(=O)Cn1c(=NC(=O)C2CCCN(S(=O)(=O)c3ccccc3)C2)sc2cc3c(cc21)OCCO3. The van der Waals surface area contributed by atoms with E-state index in [1.54, 1.807) is 47.9 Å². The van der Waals surface area contributed by atoms with E-state index in [1.807, 2.05) is 6.07 Å². The van der Waals surface area contributed by atoms with Gasteiger partial charge in [0.25, 0.3) is 5.91 Å². The van der Waals surface area contributed by atoms with E-state index in [4.69, 9.17) is 14.2 Å². The van der Waals surface area contributed by atoms with Crippen molar-refractivity contribution < 1.29 is 32.2 Å². The lowest BCUT2D eigenvalue weighted by molar-refractivity contribution is -0.143. The predicted molar refractivity (Wildman–Crippen MR) is 136 cm³/mol. The molecule has 1 fully saturated rings. The normalized spacial score (nSPS) is 18.6. The monoisotopic (exact) mass is 545 g/mol. The van der Waals surface area contributed by atoms with Gasteiger partial charge in [-0.25, -0.2) is 8.42 Å². The summed E-state index contributed by atoms with van der Waals surface area (Å²) in [7, 11) is -3.71. The Morgan fingerprint density at radius 2 is 1.86 bits per heavy atom. The maximum absolute atomic E-state index is 13.3. The van der Waals surface area contributed by atoms with E-state index in [9.17, 15) is 18.0 Å². The zero-order chi connectivity index (χ0) is 26.0. The van der Waals surface area contributed by atoms with Crippen LogP contribution >= 0.6 is 11.3 Å². The molecular formula is C25H27N3O7S2. The molecule has 2 aliphatic heterocycles. The van der Waals surface area contributed by atoms with Crippen LogP contribution in [-0.4, -0.2) is 62.1 Å². The lowest BCUT2D eigenvalue weighted by atomic mass is 9.99. The average Bonchev–Trinajstić information content (AvgIpc) is 3.23. The van der Waals surface area contributed by atoms with Crippen molar-refractivity contribution in [3.05, 3.63) is 47.3 Å². The minimum Gasteiger partial charge on any atom is -0.486 e. The summed E-state index contributed by atoms with van der Waals surface area (Å²) in [6.07, 6.45) is 1.08. The van der Waals surface area contributed by atoms with Crippen molar-refractivity contribution in [3.8, 4) is 11.5 Å². The number of esters is 1. The number of benzene rings is 2. The van der Waals surface area contributed by atoms with Crippen molar-refractivity contribution in [3.63, 3.8) is 0 Å². The molecule has 1 saturated heterocycles. The zero-order valence-electron chi connectivity index (χ0n) is 20.3. The third kappa shape index (κ3) is 5.27. The van der Waals surface area contributed by atoms with Gasteiger partial charge < -0.3 is 18.8 Å². The van der Waals surface area contributed by atoms with E-state index in [1.165, 1.54) is 15.6 Å². The number of fused-ring (bicyclic) bond motifs is 2. The first-order chi connectivity index (χ1) is 17.9. The van der Waals surface area contributed by atoms with Gasteiger partial charge in [-0.2, -0.15) is 9.30 Å². The number of hydrogen-bond acceptors (Lipinski definition) is 8. The summed E-state index contributed by atoms with van der Waals surface area (Å²) in [4.78, 5) is 30.6. The number of sulfonamides is 1. The maximum Gasteiger partial charge on any atom is 0.326 e. The van der Waals surface area contributed by atoms with E-state index in [-0.39, 0.29) is 24.6 Å². The van der Waals surface area contributed by atoms with Crippen molar-refractivity contribution in [2.24, 2.45) is 10.9 Å². The minimum absolute atomic E-state index is 0.0539. The van der Waals surface area contributed by atoms with Crippen LogP contribution < -0.4 is 14.3 Å². The molecule has 10 nitrogen and oxygen atoms in total. The summed E-state index contributed by atoms with van der Waals surface area (Å²) >= 11 is 1.25. The van der Waals surface area contributed by atoms with Gasteiger partial charge in [0.05, 0.1) is 27.6 Å². The number of nitrogens with zero attached hydrogens (tertiary/aromatic N) is 3. The Kier molecular flexibility index (Phi) is 7.31. The quantitative estimate of drug-likeness (QED) is 0.437. The molecule has 0 saturated carbocycles. The smallest absolute Gasteiger partial charge is 0.326 e. The highest BCUT2D eigenvalue weighted by Crippen LogP contribution is 2.35. The number of rotatable bonds is 6. The van der Waals surface area contributed by atoms with Gasteiger partial charge >= 0.3 is 5.97 Å². The van der Waals surface area contributed by atoms with Crippen LogP contribution in [0.15, 0.2) is 52.4 Å². The highest BCUT2D eigenvalue weighted by Gasteiger charge is 2.33. The van der Waals surface area contributed by atoms with Crippen LogP contribution in [-0.2, 0) is 30.9 Å². The molecule has 0 radical (unpaired) electrons. The van der Waals surface area contributed by atoms with Crippen molar-refractivity contribution >= 4 is 43.5 Å². The number of amides is 1. The Balaban J connectivity index is 1.48. The first-order valence-corrected chi connectivity index (χ1v) is 14.3. The van der Waals surface area contributed by atoms with Gasteiger partial charge in [0.2, 0.25) is 10.0 Å². The maximum atomic E-state index is 13.3. The highest BCUT2D eigenvalue weighted by atomic mass is 32.2. The molecule has 196 valence electrons. The third-order valence-corrected chi connectivity index (χ3v) is 9.18. The Labute approximate surface area is 218 Å². The summed E-state index contributed by atoms with van der Waals surface area (Å²) in [6, 6.07) is 11.8. The van der Waals surface area contributed by atoms with Gasteiger partial charge in [-0.3, -0.25) is 9.59 Å². The van der Waals surface area contributed by atoms with E-state index in [0.717, 1.165) is 4.70 Å². The van der Waals surface area contributed by atoms with Crippen LogP contribution in [0.2, 0.25) is 0 Å². The van der Waals surface area contributed by atoms with E-state index in [2.05, 4.69) is 4.99 Å². The van der Waals surface area contributed by atoms with Crippen LogP contribution in [0.25, 0.3) is 10.2 Å². The Morgan fingerprint density at radius 1 is 1.14 bits per heavy atom. The molecule has 2 aliphatic rings. The number of carbonyl (C=O) groups excluding carboxylic acids is 2. The first-order valence-electron chi connectivity index (χ1n) is 12.1. The second kappa shape index (κ2) is 10.6. The van der Waals surface area contributed by atoms with Crippen LogP contribution in [0.4, 0.5) is 0 Å². The molecule has 1 unspecified atom stereocenters. The molecule has 1 aromatic heterocycles. The van der Waals surface area contributed by atoms with E-state index in [0.29, 0.717) is 54.4 Å². The van der Waals surface area contributed by atoms with Crippen LogP contribution in [0.5, 0.6) is 11.5 Å². The second-order valence-corrected chi connectivity index (χ2v) is 11.7. The number of ether oxygens (including phenoxy) is 3. The van der Waals surface area contributed by atoms with E-state index >= 15 is 0 Å². The van der Waals surface area contributed by atoms with Gasteiger partial charge in [0.1, 0.15) is 19.8 Å². The van der Waals surface area contributed by atoms with Gasteiger partial charge in [-0.05, 0) is 31.9 Å². The lowest BCUT2D eigenvalue weighted by Crippen LogP contribution is -2.42. The number of piperidine rings is 1. The summed E-state index contributed by atoms with van der Waals surface area (Å²) in [5.41, 5.74) is 0.672. The van der Waals surface area contributed by atoms with Crippen molar-refractivity contribution in [1.29, 1.82) is 0 Å². The molecule has 5 rings (SSSR count). The van der Waals surface area contributed by atoms with Gasteiger partial charge in [0, 0.05) is 25.2 Å². The highest BCUT2D eigenvalue weighted by molar-refractivity contribution is 7.89. The number of hydrogen-bond donors (Lipinski definition) is 0.